The molecule has 0 bridgehead atoms. The van der Waals surface area contributed by atoms with Gasteiger partial charge in [0.05, 0.1) is 21.2 Å². The van der Waals surface area contributed by atoms with Crippen molar-refractivity contribution in [2.75, 3.05) is 24.4 Å². The third kappa shape index (κ3) is 5.20. The zero-order valence-corrected chi connectivity index (χ0v) is 16.2. The minimum absolute atomic E-state index is 0.00849. The average molecular weight is 415 g/mol. The van der Waals surface area contributed by atoms with Crippen LogP contribution >= 0.6 is 23.4 Å². The molecule has 0 aliphatic carbocycles. The van der Waals surface area contributed by atoms with Crippen LogP contribution in [0.25, 0.3) is 0 Å². The van der Waals surface area contributed by atoms with Crippen LogP contribution in [0, 0.1) is 0 Å². The van der Waals surface area contributed by atoms with E-state index in [-0.39, 0.29) is 21.2 Å². The van der Waals surface area contributed by atoms with Gasteiger partial charge in [-0.2, -0.15) is 0 Å². The minimum Gasteiger partial charge on any atom is -0.452 e. The van der Waals surface area contributed by atoms with E-state index in [2.05, 4.69) is 10.3 Å². The van der Waals surface area contributed by atoms with Gasteiger partial charge in [0.2, 0.25) is 0 Å². The standard InChI is InChI=1S/C16H15ClN2O5S2/c1-25-15-11(4-3-7-18-15)16(21)24-9-14(20)19-13-8-10(26(2,22)23)5-6-12(13)17/h3-8H,9H2,1-2H3,(H,19,20). The van der Waals surface area contributed by atoms with Crippen LogP contribution < -0.4 is 5.32 Å². The largest absolute Gasteiger partial charge is 0.452 e. The number of ether oxygens (including phenoxy) is 1. The molecular formula is C16H15ClN2O5S2. The summed E-state index contributed by atoms with van der Waals surface area (Å²) in [6, 6.07) is 7.07. The molecule has 7 nitrogen and oxygen atoms in total. The van der Waals surface area contributed by atoms with Gasteiger partial charge in [-0.3, -0.25) is 4.79 Å². The lowest BCUT2D eigenvalue weighted by molar-refractivity contribution is -0.119. The van der Waals surface area contributed by atoms with Gasteiger partial charge >= 0.3 is 5.97 Å². The van der Waals surface area contributed by atoms with Crippen molar-refractivity contribution in [3.05, 3.63) is 47.1 Å². The maximum absolute atomic E-state index is 12.1. The van der Waals surface area contributed by atoms with Crippen LogP contribution in [0.5, 0.6) is 0 Å². The quantitative estimate of drug-likeness (QED) is 0.572. The Bertz CT molecular complexity index is 947. The number of rotatable bonds is 6. The van der Waals surface area contributed by atoms with Gasteiger partial charge in [0.1, 0.15) is 5.03 Å². The third-order valence-electron chi connectivity index (χ3n) is 3.16. The van der Waals surface area contributed by atoms with Crippen molar-refractivity contribution in [1.82, 2.24) is 4.98 Å². The number of pyridine rings is 1. The van der Waals surface area contributed by atoms with Gasteiger partial charge in [-0.05, 0) is 36.6 Å². The first kappa shape index (κ1) is 20.2. The lowest BCUT2D eigenvalue weighted by Gasteiger charge is -2.10. The highest BCUT2D eigenvalue weighted by Gasteiger charge is 2.16. The van der Waals surface area contributed by atoms with Crippen molar-refractivity contribution in [3.8, 4) is 0 Å². The number of hydrogen-bond acceptors (Lipinski definition) is 7. The molecule has 0 saturated heterocycles. The average Bonchev–Trinajstić information content (AvgIpc) is 2.60. The number of anilines is 1. The maximum atomic E-state index is 12.1. The number of nitrogens with one attached hydrogen (secondary N) is 1. The number of benzene rings is 1. The first-order valence-corrected chi connectivity index (χ1v) is 10.7. The summed E-state index contributed by atoms with van der Waals surface area (Å²) < 4.78 is 28.1. The summed E-state index contributed by atoms with van der Waals surface area (Å²) in [6.45, 7) is -0.555. The number of carbonyl (C=O) groups excluding carboxylic acids is 2. The van der Waals surface area contributed by atoms with E-state index < -0.39 is 28.3 Å². The van der Waals surface area contributed by atoms with Gasteiger partial charge < -0.3 is 10.1 Å². The second kappa shape index (κ2) is 8.52. The normalized spacial score (nSPS) is 11.0. The monoisotopic (exact) mass is 414 g/mol. The molecule has 1 amide bonds. The van der Waals surface area contributed by atoms with Crippen LogP contribution in [0.4, 0.5) is 5.69 Å². The van der Waals surface area contributed by atoms with Crippen molar-refractivity contribution < 1.29 is 22.7 Å². The number of esters is 1. The summed E-state index contributed by atoms with van der Waals surface area (Å²) in [5, 5.41) is 3.07. The fourth-order valence-corrected chi connectivity index (χ4v) is 3.28. The van der Waals surface area contributed by atoms with Crippen molar-refractivity contribution in [1.29, 1.82) is 0 Å². The van der Waals surface area contributed by atoms with E-state index in [1.807, 2.05) is 0 Å². The molecule has 0 aliphatic heterocycles. The van der Waals surface area contributed by atoms with Crippen LogP contribution in [0.2, 0.25) is 5.02 Å². The summed E-state index contributed by atoms with van der Waals surface area (Å²) in [7, 11) is -3.45. The molecule has 138 valence electrons. The Morgan fingerprint density at radius 3 is 2.69 bits per heavy atom. The molecule has 1 N–H and O–H groups in total. The Morgan fingerprint density at radius 2 is 2.04 bits per heavy atom. The highest BCUT2D eigenvalue weighted by Crippen LogP contribution is 2.25. The van der Waals surface area contributed by atoms with Crippen molar-refractivity contribution in [2.24, 2.45) is 0 Å². The number of hydrogen-bond donors (Lipinski definition) is 1. The summed E-state index contributed by atoms with van der Waals surface area (Å²) in [4.78, 5) is 28.1. The summed E-state index contributed by atoms with van der Waals surface area (Å²) >= 11 is 7.24. The molecular weight excluding hydrogens is 400 g/mol. The summed E-state index contributed by atoms with van der Waals surface area (Å²) in [6.07, 6.45) is 4.36. The van der Waals surface area contributed by atoms with Crippen LogP contribution in [0.1, 0.15) is 10.4 Å². The Balaban J connectivity index is 2.04. The summed E-state index contributed by atoms with van der Waals surface area (Å²) in [5.41, 5.74) is 0.367. The second-order valence-corrected chi connectivity index (χ2v) is 8.32. The van der Waals surface area contributed by atoms with Gasteiger partial charge in [0.15, 0.2) is 16.4 Å². The van der Waals surface area contributed by atoms with Gasteiger partial charge in [-0.25, -0.2) is 18.2 Å². The number of amides is 1. The van der Waals surface area contributed by atoms with E-state index in [9.17, 15) is 18.0 Å². The smallest absolute Gasteiger partial charge is 0.341 e. The molecule has 1 aromatic carbocycles. The lowest BCUT2D eigenvalue weighted by Crippen LogP contribution is -2.21. The zero-order chi connectivity index (χ0) is 19.3. The lowest BCUT2D eigenvalue weighted by atomic mass is 10.3. The second-order valence-electron chi connectivity index (χ2n) is 5.10. The topological polar surface area (TPSA) is 102 Å². The van der Waals surface area contributed by atoms with E-state index in [1.54, 1.807) is 24.6 Å². The van der Waals surface area contributed by atoms with Gasteiger partial charge in [-0.1, -0.05) is 11.6 Å². The highest BCUT2D eigenvalue weighted by molar-refractivity contribution is 7.98. The number of aromatic nitrogens is 1. The van der Waals surface area contributed by atoms with Crippen molar-refractivity contribution in [3.63, 3.8) is 0 Å². The molecule has 1 heterocycles. The van der Waals surface area contributed by atoms with E-state index in [0.29, 0.717) is 5.03 Å². The van der Waals surface area contributed by atoms with Gasteiger partial charge in [-0.15, -0.1) is 11.8 Å². The molecule has 2 aromatic rings. The van der Waals surface area contributed by atoms with Crippen LogP contribution in [-0.4, -0.2) is 44.4 Å². The third-order valence-corrected chi connectivity index (χ3v) is 5.31. The first-order chi connectivity index (χ1) is 12.2. The summed E-state index contributed by atoms with van der Waals surface area (Å²) in [5.74, 6) is -1.34. The Labute approximate surface area is 160 Å². The van der Waals surface area contributed by atoms with E-state index in [0.717, 1.165) is 6.26 Å². The molecule has 0 fully saturated rings. The number of carbonyl (C=O) groups is 2. The molecule has 0 aliphatic rings. The maximum Gasteiger partial charge on any atom is 0.341 e. The number of nitrogens with zero attached hydrogens (tertiary/aromatic N) is 1. The minimum atomic E-state index is -3.45. The number of sulfone groups is 1. The first-order valence-electron chi connectivity index (χ1n) is 7.18. The van der Waals surface area contributed by atoms with E-state index in [4.69, 9.17) is 16.3 Å². The Kier molecular flexibility index (Phi) is 6.63. The van der Waals surface area contributed by atoms with E-state index >= 15 is 0 Å². The number of thioether (sulfide) groups is 1. The number of halogens is 1. The molecule has 1 aromatic heterocycles. The molecule has 0 spiro atoms. The van der Waals surface area contributed by atoms with Crippen LogP contribution in [0.3, 0.4) is 0 Å². The van der Waals surface area contributed by atoms with Crippen LogP contribution in [-0.2, 0) is 19.4 Å². The van der Waals surface area contributed by atoms with Gasteiger partial charge in [0.25, 0.3) is 5.91 Å². The molecule has 0 saturated carbocycles. The molecule has 2 rings (SSSR count). The SMILES string of the molecule is CSc1ncccc1C(=O)OCC(=O)Nc1cc(S(C)(=O)=O)ccc1Cl. The predicted molar refractivity (Wildman–Crippen MR) is 99.5 cm³/mol. The molecule has 10 heteroatoms. The fraction of sp³-hybridized carbons (Fsp3) is 0.188. The van der Waals surface area contributed by atoms with Crippen molar-refractivity contribution >= 4 is 50.8 Å². The molecule has 26 heavy (non-hydrogen) atoms. The molecule has 0 radical (unpaired) electrons. The van der Waals surface area contributed by atoms with Gasteiger partial charge in [0, 0.05) is 12.5 Å². The Morgan fingerprint density at radius 1 is 1.31 bits per heavy atom. The van der Waals surface area contributed by atoms with Crippen LogP contribution in [0.15, 0.2) is 46.5 Å². The highest BCUT2D eigenvalue weighted by atomic mass is 35.5. The zero-order valence-electron chi connectivity index (χ0n) is 13.9. The molecule has 0 atom stereocenters. The Hall–Kier alpha value is -2.10. The fourth-order valence-electron chi connectivity index (χ4n) is 1.93. The molecule has 0 unspecified atom stereocenters. The van der Waals surface area contributed by atoms with Crippen molar-refractivity contribution in [2.45, 2.75) is 9.92 Å². The predicted octanol–water partition coefficient (Wildman–Crippen LogP) is 2.66. The van der Waals surface area contributed by atoms with E-state index in [1.165, 1.54) is 30.0 Å².